The summed E-state index contributed by atoms with van der Waals surface area (Å²) < 4.78 is 35.4. The van der Waals surface area contributed by atoms with Crippen LogP contribution in [0.2, 0.25) is 5.02 Å². The molecule has 0 bridgehead atoms. The van der Waals surface area contributed by atoms with Crippen molar-refractivity contribution < 1.29 is 28.2 Å². The first-order valence-electron chi connectivity index (χ1n) is 12.0. The number of alkyl carbamates (subject to hydrolysis) is 1. The third-order valence-corrected chi connectivity index (χ3v) is 7.43. The summed E-state index contributed by atoms with van der Waals surface area (Å²) in [6.07, 6.45) is 2.10. The van der Waals surface area contributed by atoms with Crippen molar-refractivity contribution in [2.75, 3.05) is 29.9 Å². The molecule has 2 aliphatic rings. The Hall–Kier alpha value is -3.34. The number of carboxylic acid groups (broad SMARTS) is 1. The summed E-state index contributed by atoms with van der Waals surface area (Å²) in [6.45, 7) is 6.56. The van der Waals surface area contributed by atoms with Crippen LogP contribution in [-0.2, 0) is 4.74 Å². The molecule has 1 spiro atoms. The van der Waals surface area contributed by atoms with Crippen LogP contribution in [0, 0.1) is 17.0 Å². The van der Waals surface area contributed by atoms with Crippen molar-refractivity contribution in [1.82, 2.24) is 15.3 Å². The van der Waals surface area contributed by atoms with E-state index in [0.717, 1.165) is 30.2 Å². The highest BCUT2D eigenvalue weighted by atomic mass is 35.5. The van der Waals surface area contributed by atoms with Crippen LogP contribution in [0.5, 0.6) is 0 Å². The Labute approximate surface area is 216 Å². The second-order valence-electron chi connectivity index (χ2n) is 10.9. The second-order valence-corrected chi connectivity index (χ2v) is 11.3. The van der Waals surface area contributed by atoms with Crippen LogP contribution in [0.3, 0.4) is 0 Å². The lowest BCUT2D eigenvalue weighted by Crippen LogP contribution is -2.42. The Morgan fingerprint density at radius 3 is 2.76 bits per heavy atom. The summed E-state index contributed by atoms with van der Waals surface area (Å²) in [5.41, 5.74) is 0.0194. The number of nitrogens with one attached hydrogen (secondary N) is 2. The first-order chi connectivity index (χ1) is 17.3. The molecular formula is C25H28ClF2N5O4. The number of carbonyl (C=O) groups excluding carboxylic acids is 1. The molecule has 0 radical (unpaired) electrons. The number of piperidine rings is 1. The van der Waals surface area contributed by atoms with E-state index in [4.69, 9.17) is 16.3 Å². The number of rotatable bonds is 3. The van der Waals surface area contributed by atoms with E-state index >= 15 is 4.39 Å². The van der Waals surface area contributed by atoms with Gasteiger partial charge in [0.1, 0.15) is 11.2 Å². The summed E-state index contributed by atoms with van der Waals surface area (Å²) in [4.78, 5) is 34.0. The van der Waals surface area contributed by atoms with Crippen LogP contribution in [0.1, 0.15) is 40.0 Å². The maximum Gasteiger partial charge on any atom is 0.411 e. The molecule has 5 rings (SSSR count). The van der Waals surface area contributed by atoms with Gasteiger partial charge in [-0.1, -0.05) is 11.6 Å². The maximum absolute atomic E-state index is 15.3. The number of hydrogen-bond acceptors (Lipinski definition) is 5. The van der Waals surface area contributed by atoms with Gasteiger partial charge in [0.05, 0.1) is 38.9 Å². The normalized spacial score (nSPS) is 21.5. The Kier molecular flexibility index (Phi) is 5.89. The average Bonchev–Trinajstić information content (AvgIpc) is 3.27. The molecule has 1 aromatic carbocycles. The van der Waals surface area contributed by atoms with Crippen molar-refractivity contribution in [3.05, 3.63) is 28.9 Å². The van der Waals surface area contributed by atoms with Gasteiger partial charge >= 0.3 is 12.2 Å². The Morgan fingerprint density at radius 1 is 1.35 bits per heavy atom. The van der Waals surface area contributed by atoms with E-state index in [2.05, 4.69) is 15.3 Å². The van der Waals surface area contributed by atoms with Crippen molar-refractivity contribution in [2.24, 2.45) is 5.41 Å². The standard InChI is InChI=1S/C25H28ClF2N5O4/c1-24(2,3)37-22(34)30-15-9-25(15)6-5-7-33(11-25)20-12(26)10-29-21-17(20)16-18(28)13(27)8-14(19(16)31-21)32(4)23(35)36/h8,10,15H,5-7,9,11H2,1-4H3,(H,29,31)(H,30,34)(H,35,36)/t15-,25-/m0/s1. The van der Waals surface area contributed by atoms with Crippen molar-refractivity contribution in [3.63, 3.8) is 0 Å². The summed E-state index contributed by atoms with van der Waals surface area (Å²) in [5, 5.41) is 12.9. The van der Waals surface area contributed by atoms with E-state index in [1.165, 1.54) is 13.2 Å². The quantitative estimate of drug-likeness (QED) is 0.400. The van der Waals surface area contributed by atoms with E-state index in [9.17, 15) is 19.1 Å². The van der Waals surface area contributed by atoms with Crippen molar-refractivity contribution in [1.29, 1.82) is 0 Å². The van der Waals surface area contributed by atoms with Gasteiger partial charge in [0.2, 0.25) is 0 Å². The summed E-state index contributed by atoms with van der Waals surface area (Å²) in [6, 6.07) is 0.768. The van der Waals surface area contributed by atoms with E-state index in [0.29, 0.717) is 18.8 Å². The fourth-order valence-electron chi connectivity index (χ4n) is 5.38. The minimum Gasteiger partial charge on any atom is -0.465 e. The smallest absolute Gasteiger partial charge is 0.411 e. The predicted octanol–water partition coefficient (Wildman–Crippen LogP) is 5.65. The molecule has 1 aliphatic heterocycles. The SMILES string of the molecule is CN(C(=O)O)c1cc(F)c(F)c2c1[nH]c1ncc(Cl)c(N3CCC[C@]4(C[C@@H]4NC(=O)OC(C)(C)C)C3)c12. The van der Waals surface area contributed by atoms with Gasteiger partial charge < -0.3 is 25.0 Å². The second kappa shape index (κ2) is 8.61. The summed E-state index contributed by atoms with van der Waals surface area (Å²) in [7, 11) is 1.25. The first-order valence-corrected chi connectivity index (χ1v) is 12.4. The number of nitrogens with zero attached hydrogens (tertiary/aromatic N) is 3. The molecule has 3 N–H and O–H groups in total. The Morgan fingerprint density at radius 2 is 2.08 bits per heavy atom. The molecule has 2 atom stereocenters. The number of carbonyl (C=O) groups is 2. The lowest BCUT2D eigenvalue weighted by molar-refractivity contribution is 0.0514. The number of halogens is 3. The highest BCUT2D eigenvalue weighted by molar-refractivity contribution is 6.36. The van der Waals surface area contributed by atoms with Crippen LogP contribution in [0.4, 0.5) is 29.7 Å². The fraction of sp³-hybridized carbons (Fsp3) is 0.480. The maximum atomic E-state index is 15.3. The van der Waals surface area contributed by atoms with Crippen LogP contribution in [-0.4, -0.2) is 59.0 Å². The molecule has 1 saturated heterocycles. The number of hydrogen-bond donors (Lipinski definition) is 3. The van der Waals surface area contributed by atoms with Crippen molar-refractivity contribution in [3.8, 4) is 0 Å². The number of benzene rings is 1. The van der Waals surface area contributed by atoms with Gasteiger partial charge in [-0.2, -0.15) is 0 Å². The molecule has 198 valence electrons. The van der Waals surface area contributed by atoms with E-state index < -0.39 is 29.4 Å². The number of H-pyrrole nitrogens is 1. The molecule has 37 heavy (non-hydrogen) atoms. The monoisotopic (exact) mass is 535 g/mol. The molecule has 1 saturated carbocycles. The van der Waals surface area contributed by atoms with Gasteiger partial charge in [-0.05, 0) is 40.0 Å². The molecule has 2 fully saturated rings. The highest BCUT2D eigenvalue weighted by Gasteiger charge is 2.57. The lowest BCUT2D eigenvalue weighted by Gasteiger charge is -2.36. The minimum atomic E-state index is -1.33. The lowest BCUT2D eigenvalue weighted by atomic mass is 9.93. The predicted molar refractivity (Wildman–Crippen MR) is 137 cm³/mol. The van der Waals surface area contributed by atoms with Crippen molar-refractivity contribution >= 4 is 57.1 Å². The number of pyridine rings is 1. The number of aromatic nitrogens is 2. The zero-order valence-electron chi connectivity index (χ0n) is 20.9. The van der Waals surface area contributed by atoms with E-state index in [-0.39, 0.29) is 44.1 Å². The first kappa shape index (κ1) is 25.3. The van der Waals surface area contributed by atoms with E-state index in [1.807, 2.05) is 4.90 Å². The minimum absolute atomic E-state index is 0.0413. The van der Waals surface area contributed by atoms with Crippen LogP contribution >= 0.6 is 11.6 Å². The van der Waals surface area contributed by atoms with Gasteiger partial charge in [0.25, 0.3) is 0 Å². The number of ether oxygens (including phenoxy) is 1. The zero-order chi connectivity index (χ0) is 26.9. The Bertz CT molecular complexity index is 1440. The molecular weight excluding hydrogens is 508 g/mol. The Balaban J connectivity index is 1.55. The van der Waals surface area contributed by atoms with Crippen LogP contribution < -0.4 is 15.1 Å². The fourth-order valence-corrected chi connectivity index (χ4v) is 5.65. The molecule has 3 aromatic rings. The molecule has 2 amide bonds. The zero-order valence-corrected chi connectivity index (χ0v) is 21.7. The number of amides is 2. The number of anilines is 2. The van der Waals surface area contributed by atoms with Crippen LogP contribution in [0.15, 0.2) is 12.3 Å². The molecule has 9 nitrogen and oxygen atoms in total. The summed E-state index contributed by atoms with van der Waals surface area (Å²) >= 11 is 6.62. The molecule has 0 unspecified atom stereocenters. The molecule has 12 heteroatoms. The largest absolute Gasteiger partial charge is 0.465 e. The third-order valence-electron chi connectivity index (χ3n) is 7.15. The van der Waals surface area contributed by atoms with Gasteiger partial charge in [-0.15, -0.1) is 0 Å². The number of aromatic amines is 1. The topological polar surface area (TPSA) is 111 Å². The van der Waals surface area contributed by atoms with Gasteiger partial charge in [-0.25, -0.2) is 23.4 Å². The molecule has 3 heterocycles. The van der Waals surface area contributed by atoms with Crippen molar-refractivity contribution in [2.45, 2.75) is 51.7 Å². The third kappa shape index (κ3) is 4.39. The van der Waals surface area contributed by atoms with Gasteiger partial charge in [0.15, 0.2) is 11.6 Å². The number of fused-ring (bicyclic) bond motifs is 3. The van der Waals surface area contributed by atoms with Gasteiger partial charge in [0, 0.05) is 37.7 Å². The summed E-state index contributed by atoms with van der Waals surface area (Å²) in [5.74, 6) is -2.29. The molecule has 2 aromatic heterocycles. The molecule has 1 aliphatic carbocycles. The van der Waals surface area contributed by atoms with Gasteiger partial charge in [-0.3, -0.25) is 4.90 Å². The average molecular weight is 536 g/mol. The highest BCUT2D eigenvalue weighted by Crippen LogP contribution is 2.54. The van der Waals surface area contributed by atoms with Crippen LogP contribution in [0.25, 0.3) is 21.9 Å². The van der Waals surface area contributed by atoms with E-state index in [1.54, 1.807) is 20.8 Å².